The van der Waals surface area contributed by atoms with Crippen LogP contribution < -0.4 is 9.64 Å². The van der Waals surface area contributed by atoms with Gasteiger partial charge < -0.3 is 9.47 Å². The fourth-order valence-electron chi connectivity index (χ4n) is 3.67. The van der Waals surface area contributed by atoms with E-state index in [2.05, 4.69) is 0 Å². The number of fused-ring (bicyclic) bond motifs is 1. The predicted molar refractivity (Wildman–Crippen MR) is 101 cm³/mol. The summed E-state index contributed by atoms with van der Waals surface area (Å²) in [6.45, 7) is 1.94. The molecule has 1 aliphatic heterocycles. The molecule has 1 heterocycles. The van der Waals surface area contributed by atoms with Crippen molar-refractivity contribution >= 4 is 35.1 Å². The minimum Gasteiger partial charge on any atom is -0.488 e. The third kappa shape index (κ3) is 4.04. The number of hydrogen-bond acceptors (Lipinski definition) is 5. The summed E-state index contributed by atoms with van der Waals surface area (Å²) in [6, 6.07) is 2.27. The van der Waals surface area contributed by atoms with Crippen LogP contribution in [0, 0.1) is 17.7 Å². The van der Waals surface area contributed by atoms with Crippen LogP contribution in [0.3, 0.4) is 0 Å². The summed E-state index contributed by atoms with van der Waals surface area (Å²) in [4.78, 5) is 37.6. The first-order chi connectivity index (χ1) is 13.4. The maximum atomic E-state index is 14.5. The van der Waals surface area contributed by atoms with E-state index in [9.17, 15) is 18.8 Å². The van der Waals surface area contributed by atoms with Gasteiger partial charge in [0.2, 0.25) is 11.8 Å². The summed E-state index contributed by atoms with van der Waals surface area (Å²) in [6.07, 6.45) is 5.70. The summed E-state index contributed by atoms with van der Waals surface area (Å²) in [7, 11) is 0. The van der Waals surface area contributed by atoms with Gasteiger partial charge in [-0.2, -0.15) is 0 Å². The Morgan fingerprint density at radius 3 is 2.50 bits per heavy atom. The molecule has 0 radical (unpaired) electrons. The van der Waals surface area contributed by atoms with E-state index in [1.807, 2.05) is 0 Å². The lowest BCUT2D eigenvalue weighted by Crippen LogP contribution is -2.31. The normalized spacial score (nSPS) is 21.9. The van der Waals surface area contributed by atoms with Gasteiger partial charge in [0.15, 0.2) is 0 Å². The van der Waals surface area contributed by atoms with Crippen molar-refractivity contribution in [1.29, 1.82) is 0 Å². The van der Waals surface area contributed by atoms with Crippen molar-refractivity contribution in [3.63, 3.8) is 0 Å². The van der Waals surface area contributed by atoms with Crippen LogP contribution >= 0.6 is 11.6 Å². The molecule has 1 saturated carbocycles. The van der Waals surface area contributed by atoms with Gasteiger partial charge in [-0.1, -0.05) is 24.4 Å². The van der Waals surface area contributed by atoms with E-state index in [1.54, 1.807) is 6.92 Å². The minimum absolute atomic E-state index is 0.00213. The standard InChI is InChI=1S/C20H21ClFNO5/c1-2-27-18(24)8-5-9-28-17-11-16(15(22)10-14(17)21)23-19(25)12-6-3-4-7-13(12)20(23)26/h5,8,10-13H,2-4,6-7,9H2,1H3/b8-5+. The summed E-state index contributed by atoms with van der Waals surface area (Å²) in [5.41, 5.74) is -0.154. The number of benzene rings is 1. The lowest BCUT2D eigenvalue weighted by atomic mass is 9.81. The number of esters is 1. The highest BCUT2D eigenvalue weighted by Gasteiger charge is 2.49. The number of carbonyl (C=O) groups excluding carboxylic acids is 3. The van der Waals surface area contributed by atoms with Crippen LogP contribution in [0.25, 0.3) is 0 Å². The van der Waals surface area contributed by atoms with Gasteiger partial charge in [0.25, 0.3) is 0 Å². The number of nitrogens with zero attached hydrogens (tertiary/aromatic N) is 1. The third-order valence-corrected chi connectivity index (χ3v) is 5.25. The van der Waals surface area contributed by atoms with Gasteiger partial charge in [-0.05, 0) is 31.9 Å². The van der Waals surface area contributed by atoms with E-state index < -0.39 is 11.8 Å². The second kappa shape index (κ2) is 8.73. The predicted octanol–water partition coefficient (Wildman–Crippen LogP) is 3.66. The number of anilines is 1. The van der Waals surface area contributed by atoms with E-state index in [4.69, 9.17) is 21.1 Å². The molecule has 6 nitrogen and oxygen atoms in total. The van der Waals surface area contributed by atoms with Crippen molar-refractivity contribution < 1.29 is 28.2 Å². The number of ether oxygens (including phenoxy) is 2. The summed E-state index contributed by atoms with van der Waals surface area (Å²) >= 11 is 6.02. The first kappa shape index (κ1) is 20.3. The van der Waals surface area contributed by atoms with Crippen LogP contribution in [0.1, 0.15) is 32.6 Å². The Labute approximate surface area is 167 Å². The number of amides is 2. The number of rotatable bonds is 6. The quantitative estimate of drug-likeness (QED) is 0.407. The molecule has 8 heteroatoms. The second-order valence-electron chi connectivity index (χ2n) is 6.71. The highest BCUT2D eigenvalue weighted by molar-refractivity contribution is 6.32. The first-order valence-electron chi connectivity index (χ1n) is 9.27. The molecule has 3 rings (SSSR count). The van der Waals surface area contributed by atoms with Crippen molar-refractivity contribution in [1.82, 2.24) is 0 Å². The number of hydrogen-bond donors (Lipinski definition) is 0. The number of imide groups is 1. The molecule has 150 valence electrons. The van der Waals surface area contributed by atoms with Crippen molar-refractivity contribution in [2.75, 3.05) is 18.1 Å². The Hall–Kier alpha value is -2.41. The summed E-state index contributed by atoms with van der Waals surface area (Å²) < 4.78 is 24.7. The number of carbonyl (C=O) groups is 3. The zero-order valence-corrected chi connectivity index (χ0v) is 16.2. The van der Waals surface area contributed by atoms with Crippen LogP contribution in [0.5, 0.6) is 5.75 Å². The lowest BCUT2D eigenvalue weighted by molar-refractivity contribution is -0.137. The minimum atomic E-state index is -0.764. The molecule has 2 unspecified atom stereocenters. The fraction of sp³-hybridized carbons (Fsp3) is 0.450. The van der Waals surface area contributed by atoms with Gasteiger partial charge in [-0.15, -0.1) is 0 Å². The largest absolute Gasteiger partial charge is 0.488 e. The van der Waals surface area contributed by atoms with E-state index in [-0.39, 0.29) is 53.3 Å². The van der Waals surface area contributed by atoms with E-state index in [0.29, 0.717) is 12.8 Å². The highest BCUT2D eigenvalue weighted by atomic mass is 35.5. The van der Waals surface area contributed by atoms with Crippen LogP contribution in [-0.4, -0.2) is 31.0 Å². The number of halogens is 2. The Bertz CT molecular complexity index is 801. The van der Waals surface area contributed by atoms with Crippen LogP contribution in [0.15, 0.2) is 24.3 Å². The smallest absolute Gasteiger partial charge is 0.330 e. The SMILES string of the molecule is CCOC(=O)/C=C/COc1cc(N2C(=O)C3CCCCC3C2=O)c(F)cc1Cl. The van der Waals surface area contributed by atoms with E-state index >= 15 is 0 Å². The molecule has 1 saturated heterocycles. The van der Waals surface area contributed by atoms with Crippen molar-refractivity contribution in [2.24, 2.45) is 11.8 Å². The van der Waals surface area contributed by atoms with Gasteiger partial charge in [-0.25, -0.2) is 14.1 Å². The summed E-state index contributed by atoms with van der Waals surface area (Å²) in [5, 5.41) is 0.00213. The molecule has 1 aliphatic carbocycles. The average molecular weight is 410 g/mol. The van der Waals surface area contributed by atoms with Crippen LogP contribution in [0.2, 0.25) is 5.02 Å². The Morgan fingerprint density at radius 2 is 1.89 bits per heavy atom. The fourth-order valence-corrected chi connectivity index (χ4v) is 3.88. The maximum Gasteiger partial charge on any atom is 0.330 e. The molecular weight excluding hydrogens is 389 g/mol. The molecule has 0 bridgehead atoms. The molecule has 28 heavy (non-hydrogen) atoms. The average Bonchev–Trinajstić information content (AvgIpc) is 2.92. The zero-order valence-electron chi connectivity index (χ0n) is 15.5. The molecule has 2 aliphatic rings. The lowest BCUT2D eigenvalue weighted by Gasteiger charge is -2.19. The molecule has 1 aromatic carbocycles. The third-order valence-electron chi connectivity index (χ3n) is 4.96. The molecule has 0 aromatic heterocycles. The Morgan fingerprint density at radius 1 is 1.25 bits per heavy atom. The molecular formula is C20H21ClFNO5. The zero-order chi connectivity index (χ0) is 20.3. The molecule has 2 atom stereocenters. The second-order valence-corrected chi connectivity index (χ2v) is 7.12. The Balaban J connectivity index is 1.79. The van der Waals surface area contributed by atoms with Gasteiger partial charge in [0.1, 0.15) is 18.2 Å². The molecule has 0 N–H and O–H groups in total. The van der Waals surface area contributed by atoms with Crippen LogP contribution in [0.4, 0.5) is 10.1 Å². The van der Waals surface area contributed by atoms with Crippen molar-refractivity contribution in [2.45, 2.75) is 32.6 Å². The van der Waals surface area contributed by atoms with Crippen LogP contribution in [-0.2, 0) is 19.1 Å². The highest BCUT2D eigenvalue weighted by Crippen LogP contribution is 2.42. The van der Waals surface area contributed by atoms with Crippen molar-refractivity contribution in [3.05, 3.63) is 35.1 Å². The Kier molecular flexibility index (Phi) is 6.34. The first-order valence-corrected chi connectivity index (χ1v) is 9.64. The van der Waals surface area contributed by atoms with E-state index in [0.717, 1.165) is 23.8 Å². The molecule has 2 amide bonds. The summed E-state index contributed by atoms with van der Waals surface area (Å²) in [5.74, 6) is -2.66. The molecule has 0 spiro atoms. The molecule has 1 aromatic rings. The van der Waals surface area contributed by atoms with Gasteiger partial charge in [0.05, 0.1) is 29.2 Å². The van der Waals surface area contributed by atoms with E-state index in [1.165, 1.54) is 18.2 Å². The van der Waals surface area contributed by atoms with Gasteiger partial charge in [0, 0.05) is 12.1 Å². The maximum absolute atomic E-state index is 14.5. The topological polar surface area (TPSA) is 72.9 Å². The molecule has 2 fully saturated rings. The van der Waals surface area contributed by atoms with Gasteiger partial charge in [-0.3, -0.25) is 9.59 Å². The van der Waals surface area contributed by atoms with Crippen molar-refractivity contribution in [3.8, 4) is 5.75 Å². The van der Waals surface area contributed by atoms with Gasteiger partial charge >= 0.3 is 5.97 Å². The monoisotopic (exact) mass is 409 g/mol.